The highest BCUT2D eigenvalue weighted by Gasteiger charge is 2.37. The standard InChI is InChI=1S/C33H26N4O7/c1-4-43-33(40)30-35-26-8-6-5-7-24(26)29(36-30)34-19-9-12-21(13-10-19)44-22-14-15-23-25(18-22)32(39)37(31(23)38)20-11-16-27(41-2)28(17-20)42-3/h5-18H,4H2,1-3H3,(H,34,35,36). The van der Waals surface area contributed by atoms with E-state index in [1.165, 1.54) is 14.2 Å². The molecule has 1 aromatic heterocycles. The molecular weight excluding hydrogens is 564 g/mol. The van der Waals surface area contributed by atoms with Crippen molar-refractivity contribution in [3.63, 3.8) is 0 Å². The van der Waals surface area contributed by atoms with Crippen molar-refractivity contribution in [3.05, 3.63) is 102 Å². The van der Waals surface area contributed by atoms with Crippen molar-refractivity contribution in [2.75, 3.05) is 31.0 Å². The number of nitrogens with zero attached hydrogens (tertiary/aromatic N) is 3. The van der Waals surface area contributed by atoms with E-state index in [9.17, 15) is 14.4 Å². The summed E-state index contributed by atoms with van der Waals surface area (Å²) in [5.74, 6) is 0.669. The van der Waals surface area contributed by atoms with Gasteiger partial charge in [0.25, 0.3) is 11.8 Å². The predicted octanol–water partition coefficient (Wildman–Crippen LogP) is 6.16. The van der Waals surface area contributed by atoms with Crippen LogP contribution in [-0.4, -0.2) is 48.6 Å². The molecule has 1 aliphatic rings. The second-order valence-electron chi connectivity index (χ2n) is 9.58. The van der Waals surface area contributed by atoms with Crippen LogP contribution in [0, 0.1) is 0 Å². The zero-order chi connectivity index (χ0) is 30.8. The topological polar surface area (TPSA) is 129 Å². The largest absolute Gasteiger partial charge is 0.493 e. The quantitative estimate of drug-likeness (QED) is 0.157. The number of rotatable bonds is 9. The van der Waals surface area contributed by atoms with Gasteiger partial charge in [-0.25, -0.2) is 19.7 Å². The number of para-hydroxylation sites is 1. The molecule has 0 atom stereocenters. The van der Waals surface area contributed by atoms with Crippen LogP contribution in [0.2, 0.25) is 0 Å². The van der Waals surface area contributed by atoms with Crippen molar-refractivity contribution >= 4 is 45.9 Å². The van der Waals surface area contributed by atoms with Crippen LogP contribution >= 0.6 is 0 Å². The minimum absolute atomic E-state index is 0.0395. The first kappa shape index (κ1) is 28.2. The first-order valence-corrected chi connectivity index (χ1v) is 13.6. The highest BCUT2D eigenvalue weighted by atomic mass is 16.5. The third-order valence-corrected chi connectivity index (χ3v) is 6.90. The summed E-state index contributed by atoms with van der Waals surface area (Å²) >= 11 is 0. The lowest BCUT2D eigenvalue weighted by Gasteiger charge is -2.16. The maximum absolute atomic E-state index is 13.3. The van der Waals surface area contributed by atoms with Crippen molar-refractivity contribution in [1.82, 2.24) is 9.97 Å². The van der Waals surface area contributed by atoms with E-state index in [0.29, 0.717) is 45.7 Å². The number of anilines is 3. The van der Waals surface area contributed by atoms with E-state index in [2.05, 4.69) is 15.3 Å². The molecule has 0 saturated carbocycles. The van der Waals surface area contributed by atoms with Crippen LogP contribution in [0.5, 0.6) is 23.0 Å². The number of hydrogen-bond donors (Lipinski definition) is 1. The number of esters is 1. The summed E-state index contributed by atoms with van der Waals surface area (Å²) in [5.41, 5.74) is 2.16. The molecule has 44 heavy (non-hydrogen) atoms. The number of aromatic nitrogens is 2. The minimum Gasteiger partial charge on any atom is -0.493 e. The molecule has 0 unspecified atom stereocenters. The van der Waals surface area contributed by atoms with Gasteiger partial charge in [0.2, 0.25) is 5.82 Å². The van der Waals surface area contributed by atoms with Gasteiger partial charge >= 0.3 is 5.97 Å². The zero-order valence-corrected chi connectivity index (χ0v) is 24.0. The summed E-state index contributed by atoms with van der Waals surface area (Å²) in [5, 5.41) is 3.97. The average molecular weight is 591 g/mol. The van der Waals surface area contributed by atoms with Crippen LogP contribution < -0.4 is 24.4 Å². The molecule has 0 spiro atoms. The van der Waals surface area contributed by atoms with Crippen LogP contribution in [-0.2, 0) is 4.74 Å². The van der Waals surface area contributed by atoms with Gasteiger partial charge in [0, 0.05) is 17.1 Å². The molecule has 2 heterocycles. The van der Waals surface area contributed by atoms with E-state index in [0.717, 1.165) is 10.3 Å². The first-order chi connectivity index (χ1) is 21.4. The molecule has 0 aliphatic carbocycles. The second-order valence-corrected chi connectivity index (χ2v) is 9.58. The second kappa shape index (κ2) is 11.7. The summed E-state index contributed by atoms with van der Waals surface area (Å²) in [6, 6.07) is 24.0. The summed E-state index contributed by atoms with van der Waals surface area (Å²) in [6.07, 6.45) is 0. The molecule has 2 amide bonds. The number of carbonyl (C=O) groups excluding carboxylic acids is 3. The van der Waals surface area contributed by atoms with Gasteiger partial charge in [0.1, 0.15) is 17.3 Å². The molecule has 11 heteroatoms. The molecule has 6 rings (SSSR count). The van der Waals surface area contributed by atoms with Gasteiger partial charge in [-0.15, -0.1) is 0 Å². The number of carbonyl (C=O) groups is 3. The molecule has 0 saturated heterocycles. The van der Waals surface area contributed by atoms with Crippen molar-refractivity contribution < 1.29 is 33.3 Å². The highest BCUT2D eigenvalue weighted by Crippen LogP contribution is 2.37. The van der Waals surface area contributed by atoms with E-state index in [1.807, 2.05) is 18.2 Å². The normalized spacial score (nSPS) is 12.2. The average Bonchev–Trinajstić information content (AvgIpc) is 3.30. The lowest BCUT2D eigenvalue weighted by molar-refractivity contribution is 0.0512. The van der Waals surface area contributed by atoms with E-state index in [1.54, 1.807) is 73.7 Å². The Morgan fingerprint density at radius 3 is 2.27 bits per heavy atom. The number of hydrogen-bond acceptors (Lipinski definition) is 10. The van der Waals surface area contributed by atoms with Gasteiger partial charge in [-0.05, 0) is 73.7 Å². The predicted molar refractivity (Wildman–Crippen MR) is 162 cm³/mol. The van der Waals surface area contributed by atoms with Gasteiger partial charge in [0.05, 0.1) is 43.2 Å². The SMILES string of the molecule is CCOC(=O)c1nc(Nc2ccc(Oc3ccc4c(c3)C(=O)N(c3ccc(OC)c(OC)c3)C4=O)cc2)c2ccccc2n1. The van der Waals surface area contributed by atoms with Gasteiger partial charge in [0.15, 0.2) is 11.5 Å². The van der Waals surface area contributed by atoms with E-state index < -0.39 is 17.8 Å². The number of fused-ring (bicyclic) bond motifs is 2. The monoisotopic (exact) mass is 590 g/mol. The smallest absolute Gasteiger partial charge is 0.376 e. The summed E-state index contributed by atoms with van der Waals surface area (Å²) in [6.45, 7) is 1.93. The molecular formula is C33H26N4O7. The molecule has 5 aromatic rings. The van der Waals surface area contributed by atoms with E-state index >= 15 is 0 Å². The molecule has 0 bridgehead atoms. The number of imide groups is 1. The lowest BCUT2D eigenvalue weighted by Crippen LogP contribution is -2.29. The highest BCUT2D eigenvalue weighted by molar-refractivity contribution is 6.34. The van der Waals surface area contributed by atoms with Crippen LogP contribution in [0.25, 0.3) is 10.9 Å². The molecule has 0 radical (unpaired) electrons. The number of methoxy groups -OCH3 is 2. The maximum atomic E-state index is 13.3. The third kappa shape index (κ3) is 5.22. The van der Waals surface area contributed by atoms with Crippen LogP contribution in [0.3, 0.4) is 0 Å². The first-order valence-electron chi connectivity index (χ1n) is 13.6. The fraction of sp³-hybridized carbons (Fsp3) is 0.121. The van der Waals surface area contributed by atoms with E-state index in [-0.39, 0.29) is 23.6 Å². The van der Waals surface area contributed by atoms with Gasteiger partial charge in [-0.2, -0.15) is 0 Å². The number of ether oxygens (including phenoxy) is 4. The van der Waals surface area contributed by atoms with Crippen LogP contribution in [0.15, 0.2) is 84.9 Å². The lowest BCUT2D eigenvalue weighted by atomic mass is 10.1. The Balaban J connectivity index is 1.20. The number of benzene rings is 4. The zero-order valence-electron chi connectivity index (χ0n) is 24.0. The Morgan fingerprint density at radius 1 is 0.795 bits per heavy atom. The van der Waals surface area contributed by atoms with Gasteiger partial charge in [-0.3, -0.25) is 9.59 Å². The maximum Gasteiger partial charge on any atom is 0.376 e. The Labute approximate surface area is 252 Å². The van der Waals surface area contributed by atoms with Gasteiger partial charge in [-0.1, -0.05) is 12.1 Å². The third-order valence-electron chi connectivity index (χ3n) is 6.90. The Hall–Kier alpha value is -5.97. The van der Waals surface area contributed by atoms with Crippen LogP contribution in [0.1, 0.15) is 38.3 Å². The molecule has 4 aromatic carbocycles. The molecule has 1 N–H and O–H groups in total. The van der Waals surface area contributed by atoms with Crippen LogP contribution in [0.4, 0.5) is 17.2 Å². The summed E-state index contributed by atoms with van der Waals surface area (Å²) in [7, 11) is 2.99. The van der Waals surface area contributed by atoms with Crippen molar-refractivity contribution in [1.29, 1.82) is 0 Å². The fourth-order valence-corrected chi connectivity index (χ4v) is 4.82. The van der Waals surface area contributed by atoms with E-state index in [4.69, 9.17) is 18.9 Å². The van der Waals surface area contributed by atoms with Crippen molar-refractivity contribution in [2.24, 2.45) is 0 Å². The minimum atomic E-state index is -0.605. The number of nitrogens with one attached hydrogen (secondary N) is 1. The Morgan fingerprint density at radius 2 is 1.52 bits per heavy atom. The van der Waals surface area contributed by atoms with Crippen molar-refractivity contribution in [3.8, 4) is 23.0 Å². The number of amides is 2. The van der Waals surface area contributed by atoms with Gasteiger partial charge < -0.3 is 24.3 Å². The molecule has 220 valence electrons. The molecule has 1 aliphatic heterocycles. The van der Waals surface area contributed by atoms with Crippen molar-refractivity contribution in [2.45, 2.75) is 6.92 Å². The molecule has 11 nitrogen and oxygen atoms in total. The Kier molecular flexibility index (Phi) is 7.51. The summed E-state index contributed by atoms with van der Waals surface area (Å²) < 4.78 is 21.7. The Bertz CT molecular complexity index is 1920. The summed E-state index contributed by atoms with van der Waals surface area (Å²) in [4.78, 5) is 48.6. The fourth-order valence-electron chi connectivity index (χ4n) is 4.82. The molecule has 0 fully saturated rings.